The van der Waals surface area contributed by atoms with E-state index >= 15 is 0 Å². The van der Waals surface area contributed by atoms with Gasteiger partial charge in [-0.3, -0.25) is 0 Å². The van der Waals surface area contributed by atoms with Crippen molar-refractivity contribution in [2.45, 2.75) is 0 Å². The Morgan fingerprint density at radius 3 is 2.72 bits per heavy atom. The first kappa shape index (κ1) is 10.6. The molecule has 3 aromatic rings. The molecule has 90 valence electrons. The van der Waals surface area contributed by atoms with Crippen LogP contribution in [-0.4, -0.2) is 14.6 Å². The summed E-state index contributed by atoms with van der Waals surface area (Å²) in [6.45, 7) is 0. The Balaban J connectivity index is 2.27. The summed E-state index contributed by atoms with van der Waals surface area (Å²) in [4.78, 5) is 4.06. The van der Waals surface area contributed by atoms with Crippen LogP contribution in [0, 0.1) is 11.6 Å². The van der Waals surface area contributed by atoms with E-state index in [4.69, 9.17) is 5.73 Å². The molecule has 0 atom stereocenters. The molecule has 2 heterocycles. The Morgan fingerprint density at radius 2 is 1.94 bits per heavy atom. The Bertz CT molecular complexity index is 736. The van der Waals surface area contributed by atoms with E-state index in [9.17, 15) is 8.78 Å². The van der Waals surface area contributed by atoms with E-state index in [0.717, 1.165) is 12.1 Å². The van der Waals surface area contributed by atoms with Crippen molar-refractivity contribution < 1.29 is 8.78 Å². The number of anilines is 1. The minimum absolute atomic E-state index is 0.130. The summed E-state index contributed by atoms with van der Waals surface area (Å²) in [7, 11) is 0. The molecule has 3 rings (SSSR count). The average Bonchev–Trinajstić information content (AvgIpc) is 2.72. The highest BCUT2D eigenvalue weighted by atomic mass is 19.2. The zero-order chi connectivity index (χ0) is 12.7. The number of nitrogens with two attached hydrogens (primary N) is 1. The lowest BCUT2D eigenvalue weighted by molar-refractivity contribution is 0.509. The van der Waals surface area contributed by atoms with E-state index in [2.05, 4.69) is 10.1 Å². The SMILES string of the molecule is Nc1nc2c(-c3ccc(F)c(F)c3)cccn2n1. The monoisotopic (exact) mass is 246 g/mol. The number of hydrogen-bond acceptors (Lipinski definition) is 3. The normalized spacial score (nSPS) is 11.0. The molecule has 0 aliphatic heterocycles. The average molecular weight is 246 g/mol. The van der Waals surface area contributed by atoms with Crippen LogP contribution in [0.3, 0.4) is 0 Å². The molecule has 0 amide bonds. The van der Waals surface area contributed by atoms with Crippen molar-refractivity contribution in [3.63, 3.8) is 0 Å². The second kappa shape index (κ2) is 3.76. The predicted octanol–water partition coefficient (Wildman–Crippen LogP) is 2.26. The first-order valence-corrected chi connectivity index (χ1v) is 5.21. The van der Waals surface area contributed by atoms with Gasteiger partial charge in [0.1, 0.15) is 0 Å². The quantitative estimate of drug-likeness (QED) is 0.716. The largest absolute Gasteiger partial charge is 0.366 e. The Hall–Kier alpha value is -2.50. The van der Waals surface area contributed by atoms with Crippen molar-refractivity contribution >= 4 is 11.6 Å². The molecule has 0 aliphatic rings. The van der Waals surface area contributed by atoms with Crippen LogP contribution in [0.15, 0.2) is 36.5 Å². The molecule has 0 aliphatic carbocycles. The first-order valence-electron chi connectivity index (χ1n) is 5.21. The lowest BCUT2D eigenvalue weighted by atomic mass is 10.1. The van der Waals surface area contributed by atoms with Gasteiger partial charge in [0.15, 0.2) is 17.3 Å². The molecule has 0 bridgehead atoms. The third-order valence-electron chi connectivity index (χ3n) is 2.61. The van der Waals surface area contributed by atoms with Crippen molar-refractivity contribution in [1.29, 1.82) is 0 Å². The van der Waals surface area contributed by atoms with Gasteiger partial charge in [0.25, 0.3) is 0 Å². The molecule has 6 heteroatoms. The highest BCUT2D eigenvalue weighted by Gasteiger charge is 2.10. The zero-order valence-corrected chi connectivity index (χ0v) is 9.14. The van der Waals surface area contributed by atoms with Gasteiger partial charge in [0.05, 0.1) is 0 Å². The molecule has 0 spiro atoms. The van der Waals surface area contributed by atoms with Crippen LogP contribution >= 0.6 is 0 Å². The lowest BCUT2D eigenvalue weighted by Crippen LogP contribution is -1.91. The van der Waals surface area contributed by atoms with Crippen LogP contribution in [-0.2, 0) is 0 Å². The second-order valence-electron chi connectivity index (χ2n) is 3.79. The number of benzene rings is 1. The summed E-state index contributed by atoms with van der Waals surface area (Å²) in [6, 6.07) is 7.16. The zero-order valence-electron chi connectivity index (χ0n) is 9.14. The molecule has 2 aromatic heterocycles. The first-order chi connectivity index (χ1) is 8.65. The third kappa shape index (κ3) is 1.58. The molecule has 0 fully saturated rings. The van der Waals surface area contributed by atoms with Crippen molar-refractivity contribution in [3.8, 4) is 11.1 Å². The van der Waals surface area contributed by atoms with Crippen LogP contribution in [0.5, 0.6) is 0 Å². The van der Waals surface area contributed by atoms with Gasteiger partial charge in [-0.25, -0.2) is 13.3 Å². The topological polar surface area (TPSA) is 56.2 Å². The molecule has 0 saturated carbocycles. The summed E-state index contributed by atoms with van der Waals surface area (Å²) in [5.74, 6) is -1.65. The van der Waals surface area contributed by atoms with Gasteiger partial charge in [-0.05, 0) is 29.8 Å². The van der Waals surface area contributed by atoms with Crippen LogP contribution in [0.2, 0.25) is 0 Å². The Morgan fingerprint density at radius 1 is 1.11 bits per heavy atom. The van der Waals surface area contributed by atoms with E-state index in [0.29, 0.717) is 16.8 Å². The fraction of sp³-hybridized carbons (Fsp3) is 0. The number of nitrogens with zero attached hydrogens (tertiary/aromatic N) is 3. The minimum Gasteiger partial charge on any atom is -0.366 e. The number of rotatable bonds is 1. The van der Waals surface area contributed by atoms with Gasteiger partial charge in [0, 0.05) is 11.8 Å². The van der Waals surface area contributed by atoms with Gasteiger partial charge >= 0.3 is 0 Å². The van der Waals surface area contributed by atoms with Gasteiger partial charge in [-0.2, -0.15) is 4.98 Å². The predicted molar refractivity (Wildman–Crippen MR) is 62.8 cm³/mol. The standard InChI is InChI=1S/C12H8F2N4/c13-9-4-3-7(6-10(9)14)8-2-1-5-18-11(8)16-12(15)17-18/h1-6H,(H2,15,17). The number of hydrogen-bond donors (Lipinski definition) is 1. The maximum Gasteiger partial charge on any atom is 0.240 e. The van der Waals surface area contributed by atoms with Crippen LogP contribution in [0.25, 0.3) is 16.8 Å². The van der Waals surface area contributed by atoms with E-state index < -0.39 is 11.6 Å². The number of pyridine rings is 1. The Kier molecular flexibility index (Phi) is 2.22. The number of halogens is 2. The van der Waals surface area contributed by atoms with E-state index in [-0.39, 0.29) is 5.95 Å². The number of fused-ring (bicyclic) bond motifs is 1. The third-order valence-corrected chi connectivity index (χ3v) is 2.61. The van der Waals surface area contributed by atoms with Crippen LogP contribution in [0.4, 0.5) is 14.7 Å². The van der Waals surface area contributed by atoms with E-state index in [1.807, 2.05) is 0 Å². The number of aromatic nitrogens is 3. The van der Waals surface area contributed by atoms with Crippen molar-refractivity contribution in [2.24, 2.45) is 0 Å². The summed E-state index contributed by atoms with van der Waals surface area (Å²) >= 11 is 0. The molecule has 1 aromatic carbocycles. The van der Waals surface area contributed by atoms with Gasteiger partial charge in [0.2, 0.25) is 5.95 Å². The Labute approximate surface area is 101 Å². The molecule has 18 heavy (non-hydrogen) atoms. The summed E-state index contributed by atoms with van der Waals surface area (Å²) in [5.41, 5.74) is 7.18. The molecule has 0 radical (unpaired) electrons. The lowest BCUT2D eigenvalue weighted by Gasteiger charge is -2.03. The summed E-state index contributed by atoms with van der Waals surface area (Å²) < 4.78 is 27.6. The maximum atomic E-state index is 13.2. The summed E-state index contributed by atoms with van der Waals surface area (Å²) in [6.07, 6.45) is 1.68. The second-order valence-corrected chi connectivity index (χ2v) is 3.79. The van der Waals surface area contributed by atoms with Crippen molar-refractivity contribution in [3.05, 3.63) is 48.2 Å². The van der Waals surface area contributed by atoms with Crippen LogP contribution in [0.1, 0.15) is 0 Å². The van der Waals surface area contributed by atoms with Crippen molar-refractivity contribution in [1.82, 2.24) is 14.6 Å². The van der Waals surface area contributed by atoms with Gasteiger partial charge in [-0.15, -0.1) is 5.10 Å². The van der Waals surface area contributed by atoms with Gasteiger partial charge < -0.3 is 5.73 Å². The summed E-state index contributed by atoms with van der Waals surface area (Å²) in [5, 5.41) is 3.95. The molecular weight excluding hydrogens is 238 g/mol. The highest BCUT2D eigenvalue weighted by Crippen LogP contribution is 2.25. The maximum absolute atomic E-state index is 13.2. The van der Waals surface area contributed by atoms with Crippen LogP contribution < -0.4 is 5.73 Å². The molecule has 0 unspecified atom stereocenters. The smallest absolute Gasteiger partial charge is 0.240 e. The molecule has 0 saturated heterocycles. The fourth-order valence-electron chi connectivity index (χ4n) is 1.81. The fourth-order valence-corrected chi connectivity index (χ4v) is 1.81. The highest BCUT2D eigenvalue weighted by molar-refractivity contribution is 5.77. The molecule has 2 N–H and O–H groups in total. The number of nitrogen functional groups attached to an aromatic ring is 1. The minimum atomic E-state index is -0.901. The van der Waals surface area contributed by atoms with E-state index in [1.165, 1.54) is 10.6 Å². The van der Waals surface area contributed by atoms with E-state index in [1.54, 1.807) is 18.3 Å². The van der Waals surface area contributed by atoms with Gasteiger partial charge in [-0.1, -0.05) is 6.07 Å². The molecule has 4 nitrogen and oxygen atoms in total. The molecular formula is C12H8F2N4. The van der Waals surface area contributed by atoms with Crippen molar-refractivity contribution in [2.75, 3.05) is 5.73 Å².